The molecule has 5 nitrogen and oxygen atoms in total. The van der Waals surface area contributed by atoms with Crippen LogP contribution in [-0.4, -0.2) is 19.3 Å². The molecule has 0 fully saturated rings. The van der Waals surface area contributed by atoms with E-state index in [9.17, 15) is 0 Å². The van der Waals surface area contributed by atoms with E-state index in [2.05, 4.69) is 11.4 Å². The summed E-state index contributed by atoms with van der Waals surface area (Å²) in [5, 5.41) is 12.3. The summed E-state index contributed by atoms with van der Waals surface area (Å²) >= 11 is 0. The van der Waals surface area contributed by atoms with Gasteiger partial charge in [0.1, 0.15) is 18.0 Å². The van der Waals surface area contributed by atoms with E-state index >= 15 is 0 Å². The summed E-state index contributed by atoms with van der Waals surface area (Å²) in [5.74, 6) is 0.621. The van der Waals surface area contributed by atoms with Crippen molar-refractivity contribution in [3.8, 4) is 11.8 Å². The second-order valence-corrected chi connectivity index (χ2v) is 5.20. The molecule has 22 heavy (non-hydrogen) atoms. The van der Waals surface area contributed by atoms with Crippen LogP contribution in [0.5, 0.6) is 5.75 Å². The monoisotopic (exact) mass is 295 g/mol. The lowest BCUT2D eigenvalue weighted by atomic mass is 10.1. The number of anilines is 2. The van der Waals surface area contributed by atoms with Crippen molar-refractivity contribution in [2.24, 2.45) is 0 Å². The van der Waals surface area contributed by atoms with Crippen molar-refractivity contribution in [2.75, 3.05) is 24.3 Å². The first-order chi connectivity index (χ1) is 10.8. The lowest BCUT2D eigenvalue weighted by Crippen LogP contribution is -2.35. The van der Waals surface area contributed by atoms with Gasteiger partial charge < -0.3 is 20.5 Å². The van der Waals surface area contributed by atoms with Gasteiger partial charge in [-0.15, -0.1) is 0 Å². The molecule has 0 spiro atoms. The Hall–Kier alpha value is -2.71. The lowest BCUT2D eigenvalue weighted by molar-refractivity contribution is 0.0959. The predicted octanol–water partition coefficient (Wildman–Crippen LogP) is 2.53. The van der Waals surface area contributed by atoms with Crippen LogP contribution in [-0.2, 0) is 11.3 Å². The van der Waals surface area contributed by atoms with Crippen LogP contribution < -0.4 is 15.8 Å². The predicted molar refractivity (Wildman–Crippen MR) is 84.6 cm³/mol. The molecule has 2 aromatic rings. The van der Waals surface area contributed by atoms with Crippen molar-refractivity contribution < 1.29 is 9.47 Å². The number of nitrogens with zero attached hydrogens (tertiary/aromatic N) is 1. The molecular weight excluding hydrogens is 278 g/mol. The minimum Gasteiger partial charge on any atom is -0.489 e. The molecule has 0 aliphatic carbocycles. The van der Waals surface area contributed by atoms with Gasteiger partial charge in [-0.05, 0) is 11.6 Å². The molecule has 0 bridgehead atoms. The number of hydrogen-bond donors (Lipinski definition) is 2. The van der Waals surface area contributed by atoms with Crippen LogP contribution in [0.3, 0.4) is 0 Å². The van der Waals surface area contributed by atoms with E-state index in [0.717, 1.165) is 11.3 Å². The Labute approximate surface area is 129 Å². The van der Waals surface area contributed by atoms with Gasteiger partial charge in [-0.3, -0.25) is 0 Å². The van der Waals surface area contributed by atoms with Crippen molar-refractivity contribution in [1.29, 1.82) is 5.26 Å². The fraction of sp³-hybridized carbons (Fsp3) is 0.235. The smallest absolute Gasteiger partial charge is 0.145 e. The van der Waals surface area contributed by atoms with Gasteiger partial charge >= 0.3 is 0 Å². The van der Waals surface area contributed by atoms with Crippen LogP contribution >= 0.6 is 0 Å². The first kappa shape index (κ1) is 14.2. The largest absolute Gasteiger partial charge is 0.489 e. The third kappa shape index (κ3) is 3.13. The highest BCUT2D eigenvalue weighted by atomic mass is 16.5. The maximum Gasteiger partial charge on any atom is 0.145 e. The van der Waals surface area contributed by atoms with Crippen LogP contribution in [0.25, 0.3) is 0 Å². The summed E-state index contributed by atoms with van der Waals surface area (Å²) in [4.78, 5) is 0. The zero-order valence-electron chi connectivity index (χ0n) is 12.1. The number of nitrogens with two attached hydrogens (primary N) is 1. The van der Waals surface area contributed by atoms with Crippen LogP contribution in [0.2, 0.25) is 0 Å². The number of hydrogen-bond acceptors (Lipinski definition) is 5. The van der Waals surface area contributed by atoms with E-state index < -0.39 is 0 Å². The van der Waals surface area contributed by atoms with E-state index in [0.29, 0.717) is 36.8 Å². The second kappa shape index (κ2) is 6.37. The van der Waals surface area contributed by atoms with Gasteiger partial charge in [0, 0.05) is 6.07 Å². The zero-order valence-corrected chi connectivity index (χ0v) is 12.1. The van der Waals surface area contributed by atoms with E-state index in [4.69, 9.17) is 20.5 Å². The molecule has 1 atom stereocenters. The average molecular weight is 295 g/mol. The Kier molecular flexibility index (Phi) is 4.12. The molecule has 1 aliphatic rings. The second-order valence-electron chi connectivity index (χ2n) is 5.20. The Bertz CT molecular complexity index is 695. The van der Waals surface area contributed by atoms with Crippen molar-refractivity contribution in [1.82, 2.24) is 0 Å². The van der Waals surface area contributed by atoms with Gasteiger partial charge in [-0.2, -0.15) is 5.26 Å². The number of benzene rings is 2. The van der Waals surface area contributed by atoms with Gasteiger partial charge in [0.25, 0.3) is 0 Å². The highest BCUT2D eigenvalue weighted by Gasteiger charge is 2.21. The number of fused-ring (bicyclic) bond motifs is 1. The summed E-state index contributed by atoms with van der Waals surface area (Å²) in [6.45, 7) is 1.57. The minimum absolute atomic E-state index is 0.0337. The van der Waals surface area contributed by atoms with Crippen LogP contribution in [0.15, 0.2) is 42.5 Å². The number of nitrogens with one attached hydrogen (secondary N) is 1. The summed E-state index contributed by atoms with van der Waals surface area (Å²) < 4.78 is 11.4. The molecule has 0 amide bonds. The highest BCUT2D eigenvalue weighted by Crippen LogP contribution is 2.35. The molecule has 1 aliphatic heterocycles. The Balaban J connectivity index is 1.59. The third-order valence-corrected chi connectivity index (χ3v) is 3.48. The van der Waals surface area contributed by atoms with Crippen molar-refractivity contribution in [3.63, 3.8) is 0 Å². The SMILES string of the molecule is N#Cc1cc(N)c2c(c1)OCC(COCc1ccccc1)N2. The maximum absolute atomic E-state index is 8.94. The molecule has 112 valence electrons. The van der Waals surface area contributed by atoms with Gasteiger partial charge in [-0.25, -0.2) is 0 Å². The highest BCUT2D eigenvalue weighted by molar-refractivity contribution is 5.76. The molecule has 0 saturated carbocycles. The molecule has 5 heteroatoms. The zero-order chi connectivity index (χ0) is 15.4. The van der Waals surface area contributed by atoms with Gasteiger partial charge in [0.15, 0.2) is 0 Å². The fourth-order valence-corrected chi connectivity index (χ4v) is 2.39. The Morgan fingerprint density at radius 1 is 1.32 bits per heavy atom. The van der Waals surface area contributed by atoms with Crippen molar-refractivity contribution in [3.05, 3.63) is 53.6 Å². The summed E-state index contributed by atoms with van der Waals surface area (Å²) in [6, 6.07) is 15.5. The molecule has 1 unspecified atom stereocenters. The number of rotatable bonds is 4. The number of nitriles is 1. The topological polar surface area (TPSA) is 80.3 Å². The fourth-order valence-electron chi connectivity index (χ4n) is 2.39. The standard InChI is InChI=1S/C17H17N3O2/c18-8-13-6-15(19)17-16(7-13)22-11-14(20-17)10-21-9-12-4-2-1-3-5-12/h1-7,14,20H,9-11,19H2. The van der Waals surface area contributed by atoms with Crippen molar-refractivity contribution >= 4 is 11.4 Å². The lowest BCUT2D eigenvalue weighted by Gasteiger charge is -2.28. The Morgan fingerprint density at radius 3 is 2.91 bits per heavy atom. The summed E-state index contributed by atoms with van der Waals surface area (Å²) in [7, 11) is 0. The molecular formula is C17H17N3O2. The van der Waals surface area contributed by atoms with Crippen LogP contribution in [0, 0.1) is 11.3 Å². The van der Waals surface area contributed by atoms with Crippen molar-refractivity contribution in [2.45, 2.75) is 12.6 Å². The Morgan fingerprint density at radius 2 is 2.14 bits per heavy atom. The van der Waals surface area contributed by atoms with Gasteiger partial charge in [0.05, 0.1) is 36.6 Å². The number of ether oxygens (including phenoxy) is 2. The third-order valence-electron chi connectivity index (χ3n) is 3.48. The summed E-state index contributed by atoms with van der Waals surface area (Å²) in [5.41, 5.74) is 8.85. The molecule has 0 radical (unpaired) electrons. The molecule has 1 heterocycles. The summed E-state index contributed by atoms with van der Waals surface area (Å²) in [6.07, 6.45) is 0. The molecule has 0 aromatic heterocycles. The van der Waals surface area contributed by atoms with E-state index in [-0.39, 0.29) is 6.04 Å². The van der Waals surface area contributed by atoms with Gasteiger partial charge in [0.2, 0.25) is 0 Å². The van der Waals surface area contributed by atoms with E-state index in [1.54, 1.807) is 12.1 Å². The van der Waals surface area contributed by atoms with Crippen LogP contribution in [0.1, 0.15) is 11.1 Å². The van der Waals surface area contributed by atoms with E-state index in [1.807, 2.05) is 30.3 Å². The molecule has 3 N–H and O–H groups in total. The van der Waals surface area contributed by atoms with E-state index in [1.165, 1.54) is 0 Å². The van der Waals surface area contributed by atoms with Gasteiger partial charge in [-0.1, -0.05) is 30.3 Å². The maximum atomic E-state index is 8.94. The molecule has 0 saturated heterocycles. The quantitative estimate of drug-likeness (QED) is 0.847. The normalized spacial score (nSPS) is 16.0. The number of nitrogen functional groups attached to an aromatic ring is 1. The van der Waals surface area contributed by atoms with Crippen LogP contribution in [0.4, 0.5) is 11.4 Å². The minimum atomic E-state index is 0.0337. The first-order valence-electron chi connectivity index (χ1n) is 7.11. The average Bonchev–Trinajstić information content (AvgIpc) is 2.56. The molecule has 3 rings (SSSR count). The molecule has 2 aromatic carbocycles. The first-order valence-corrected chi connectivity index (χ1v) is 7.11.